The van der Waals surface area contributed by atoms with Crippen LogP contribution in [-0.4, -0.2) is 34.0 Å². The third kappa shape index (κ3) is 2.31. The number of hydrogen-bond donors (Lipinski definition) is 1. The fourth-order valence-corrected chi connectivity index (χ4v) is 3.60. The molecule has 0 spiro atoms. The number of aliphatic carboxylic acids is 1. The second-order valence-corrected chi connectivity index (χ2v) is 6.45. The Labute approximate surface area is 118 Å². The Bertz CT molecular complexity index is 487. The number of hydrogen-bond acceptors (Lipinski definition) is 3. The zero-order valence-electron chi connectivity index (χ0n) is 9.98. The van der Waals surface area contributed by atoms with Gasteiger partial charge in [0, 0.05) is 16.4 Å². The van der Waals surface area contributed by atoms with Gasteiger partial charge >= 0.3 is 5.97 Å². The molecule has 0 saturated carbocycles. The molecule has 0 bridgehead atoms. The molecule has 2 heterocycles. The summed E-state index contributed by atoms with van der Waals surface area (Å²) in [6.07, 6.45) is 2.22. The van der Waals surface area contributed by atoms with Crippen LogP contribution in [0, 0.1) is 0 Å². The molecule has 1 aliphatic heterocycles. The van der Waals surface area contributed by atoms with E-state index >= 15 is 0 Å². The highest BCUT2D eigenvalue weighted by Crippen LogP contribution is 2.31. The van der Waals surface area contributed by atoms with E-state index in [0.29, 0.717) is 17.8 Å². The molecule has 1 amide bonds. The van der Waals surface area contributed by atoms with Crippen molar-refractivity contribution in [2.75, 3.05) is 6.54 Å². The standard InChI is InChI=1S/C12H14BrNO3S/c1-12(11(16)17)4-2-3-5-14(12)10(15)9-6-8(13)7-18-9/h6-7H,2-5H2,1H3,(H,16,17). The minimum atomic E-state index is -1.08. The maximum atomic E-state index is 12.4. The van der Waals surface area contributed by atoms with Crippen LogP contribution in [0.25, 0.3) is 0 Å². The quantitative estimate of drug-likeness (QED) is 0.906. The number of halogens is 1. The van der Waals surface area contributed by atoms with Gasteiger partial charge in [-0.25, -0.2) is 4.79 Å². The van der Waals surface area contributed by atoms with Gasteiger partial charge in [-0.3, -0.25) is 4.79 Å². The van der Waals surface area contributed by atoms with E-state index in [1.54, 1.807) is 13.0 Å². The number of carboxylic acids is 1. The maximum absolute atomic E-state index is 12.4. The van der Waals surface area contributed by atoms with Gasteiger partial charge in [0.1, 0.15) is 5.54 Å². The highest BCUT2D eigenvalue weighted by molar-refractivity contribution is 9.10. The van der Waals surface area contributed by atoms with E-state index in [1.165, 1.54) is 16.2 Å². The van der Waals surface area contributed by atoms with E-state index in [4.69, 9.17) is 0 Å². The molecule has 1 aromatic rings. The smallest absolute Gasteiger partial charge is 0.329 e. The number of piperidine rings is 1. The number of rotatable bonds is 2. The van der Waals surface area contributed by atoms with E-state index in [9.17, 15) is 14.7 Å². The van der Waals surface area contributed by atoms with Gasteiger partial charge in [-0.2, -0.15) is 0 Å². The topological polar surface area (TPSA) is 57.6 Å². The van der Waals surface area contributed by atoms with Crippen LogP contribution in [0.4, 0.5) is 0 Å². The number of likely N-dealkylation sites (tertiary alicyclic amines) is 1. The fourth-order valence-electron chi connectivity index (χ4n) is 2.23. The van der Waals surface area contributed by atoms with Crippen LogP contribution in [0.15, 0.2) is 15.9 Å². The van der Waals surface area contributed by atoms with Gasteiger partial charge in [-0.1, -0.05) is 0 Å². The highest BCUT2D eigenvalue weighted by atomic mass is 79.9. The molecule has 6 heteroatoms. The number of nitrogens with zero attached hydrogens (tertiary/aromatic N) is 1. The summed E-state index contributed by atoms with van der Waals surface area (Å²) in [7, 11) is 0. The molecule has 0 aliphatic carbocycles. The van der Waals surface area contributed by atoms with Crippen molar-refractivity contribution in [1.29, 1.82) is 0 Å². The van der Waals surface area contributed by atoms with Gasteiger partial charge in [0.05, 0.1) is 4.88 Å². The van der Waals surface area contributed by atoms with Gasteiger partial charge in [-0.15, -0.1) is 11.3 Å². The van der Waals surface area contributed by atoms with Crippen LogP contribution >= 0.6 is 27.3 Å². The monoisotopic (exact) mass is 331 g/mol. The van der Waals surface area contributed by atoms with Crippen molar-refractivity contribution in [1.82, 2.24) is 4.90 Å². The van der Waals surface area contributed by atoms with Crippen LogP contribution in [-0.2, 0) is 4.79 Å². The van der Waals surface area contributed by atoms with Crippen LogP contribution in [0.1, 0.15) is 35.9 Å². The van der Waals surface area contributed by atoms with E-state index in [1.807, 2.05) is 5.38 Å². The summed E-state index contributed by atoms with van der Waals surface area (Å²) in [6, 6.07) is 1.74. The van der Waals surface area contributed by atoms with Crippen molar-refractivity contribution in [2.45, 2.75) is 31.7 Å². The highest BCUT2D eigenvalue weighted by Gasteiger charge is 2.44. The molecule has 0 aromatic carbocycles. The summed E-state index contributed by atoms with van der Waals surface area (Å²) in [6.45, 7) is 2.15. The molecule has 4 nitrogen and oxygen atoms in total. The molecule has 1 atom stereocenters. The van der Waals surface area contributed by atoms with Crippen molar-refractivity contribution in [3.05, 3.63) is 20.8 Å². The Hall–Kier alpha value is -0.880. The zero-order valence-corrected chi connectivity index (χ0v) is 12.4. The second-order valence-electron chi connectivity index (χ2n) is 4.62. The molecular formula is C12H14BrNO3S. The first-order chi connectivity index (χ1) is 8.45. The van der Waals surface area contributed by atoms with Crippen LogP contribution in [0.5, 0.6) is 0 Å². The maximum Gasteiger partial charge on any atom is 0.329 e. The Morgan fingerprint density at radius 1 is 1.50 bits per heavy atom. The largest absolute Gasteiger partial charge is 0.480 e. The number of thiophene rings is 1. The number of carboxylic acid groups (broad SMARTS) is 1. The van der Waals surface area contributed by atoms with E-state index < -0.39 is 11.5 Å². The predicted molar refractivity (Wildman–Crippen MR) is 72.9 cm³/mol. The Morgan fingerprint density at radius 3 is 2.78 bits per heavy atom. The second kappa shape index (κ2) is 5.01. The summed E-state index contributed by atoms with van der Waals surface area (Å²) >= 11 is 4.64. The van der Waals surface area contributed by atoms with Crippen LogP contribution < -0.4 is 0 Å². The van der Waals surface area contributed by atoms with E-state index in [2.05, 4.69) is 15.9 Å². The number of carbonyl (C=O) groups is 2. The zero-order chi connectivity index (χ0) is 13.3. The van der Waals surface area contributed by atoms with Crippen molar-refractivity contribution >= 4 is 39.1 Å². The first kappa shape index (κ1) is 13.5. The molecule has 1 unspecified atom stereocenters. The predicted octanol–water partition coefficient (Wildman–Crippen LogP) is 2.98. The summed E-state index contributed by atoms with van der Waals surface area (Å²) in [5.41, 5.74) is -1.08. The molecule has 2 rings (SSSR count). The first-order valence-corrected chi connectivity index (χ1v) is 7.42. The lowest BCUT2D eigenvalue weighted by Crippen LogP contribution is -2.57. The minimum absolute atomic E-state index is 0.185. The summed E-state index contributed by atoms with van der Waals surface area (Å²) < 4.78 is 0.852. The van der Waals surface area contributed by atoms with Crippen molar-refractivity contribution in [3.8, 4) is 0 Å². The third-order valence-corrected chi connectivity index (χ3v) is 5.05. The SMILES string of the molecule is CC1(C(=O)O)CCCCN1C(=O)c1cc(Br)cs1. The van der Waals surface area contributed by atoms with Gasteiger partial charge in [0.15, 0.2) is 0 Å². The molecule has 0 radical (unpaired) electrons. The van der Waals surface area contributed by atoms with Gasteiger partial charge in [0.25, 0.3) is 5.91 Å². The average Bonchev–Trinajstić information content (AvgIpc) is 2.75. The fraction of sp³-hybridized carbons (Fsp3) is 0.500. The van der Waals surface area contributed by atoms with Crippen molar-refractivity contribution in [3.63, 3.8) is 0 Å². The summed E-state index contributed by atoms with van der Waals surface area (Å²) in [5, 5.41) is 11.2. The van der Waals surface area contributed by atoms with Crippen LogP contribution in [0.3, 0.4) is 0 Å². The number of amides is 1. The average molecular weight is 332 g/mol. The molecular weight excluding hydrogens is 318 g/mol. The third-order valence-electron chi connectivity index (χ3n) is 3.38. The Balaban J connectivity index is 2.30. The van der Waals surface area contributed by atoms with Gasteiger partial charge < -0.3 is 10.0 Å². The lowest BCUT2D eigenvalue weighted by molar-refractivity contribution is -0.150. The lowest BCUT2D eigenvalue weighted by atomic mass is 9.88. The summed E-state index contributed by atoms with van der Waals surface area (Å²) in [4.78, 5) is 25.9. The van der Waals surface area contributed by atoms with Crippen molar-refractivity contribution in [2.24, 2.45) is 0 Å². The Kier molecular flexibility index (Phi) is 3.77. The molecule has 1 fully saturated rings. The van der Waals surface area contributed by atoms with E-state index in [-0.39, 0.29) is 5.91 Å². The van der Waals surface area contributed by atoms with Gasteiger partial charge in [0.2, 0.25) is 0 Å². The molecule has 18 heavy (non-hydrogen) atoms. The molecule has 1 aromatic heterocycles. The van der Waals surface area contributed by atoms with Crippen LogP contribution in [0.2, 0.25) is 0 Å². The molecule has 1 aliphatic rings. The van der Waals surface area contributed by atoms with Crippen molar-refractivity contribution < 1.29 is 14.7 Å². The number of carbonyl (C=O) groups excluding carboxylic acids is 1. The Morgan fingerprint density at radius 2 is 2.22 bits per heavy atom. The molecule has 1 N–H and O–H groups in total. The molecule has 1 saturated heterocycles. The summed E-state index contributed by atoms with van der Waals surface area (Å²) in [5.74, 6) is -1.11. The minimum Gasteiger partial charge on any atom is -0.480 e. The van der Waals surface area contributed by atoms with E-state index in [0.717, 1.165) is 17.3 Å². The first-order valence-electron chi connectivity index (χ1n) is 5.74. The normalized spacial score (nSPS) is 24.0. The lowest BCUT2D eigenvalue weighted by Gasteiger charge is -2.41. The van der Waals surface area contributed by atoms with Gasteiger partial charge in [-0.05, 0) is 48.2 Å². The molecule has 98 valence electrons.